The fraction of sp³-hybridized carbons (Fsp3) is 0.926. The highest BCUT2D eigenvalue weighted by molar-refractivity contribution is 4.96. The van der Waals surface area contributed by atoms with Gasteiger partial charge in [0.2, 0.25) is 0 Å². The van der Waals surface area contributed by atoms with Crippen molar-refractivity contribution < 1.29 is 15.3 Å². The maximum atomic E-state index is 9.63. The van der Waals surface area contributed by atoms with E-state index in [1.54, 1.807) is 0 Å². The van der Waals surface area contributed by atoms with Crippen molar-refractivity contribution in [3.63, 3.8) is 0 Å². The number of hydrogen-bond acceptors (Lipinski definition) is 4. The zero-order chi connectivity index (χ0) is 23.0. The van der Waals surface area contributed by atoms with Crippen LogP contribution in [0, 0.1) is 5.92 Å². The number of aliphatic hydroxyl groups is 3. The topological polar surface area (TPSA) is 72.7 Å². The van der Waals surface area contributed by atoms with E-state index in [4.69, 9.17) is 0 Å². The Morgan fingerprint density at radius 2 is 1.13 bits per heavy atom. The second-order valence-corrected chi connectivity index (χ2v) is 9.37. The summed E-state index contributed by atoms with van der Waals surface area (Å²) in [7, 11) is 0. The van der Waals surface area contributed by atoms with E-state index in [0.717, 1.165) is 12.8 Å². The van der Waals surface area contributed by atoms with Crippen molar-refractivity contribution in [1.82, 2.24) is 5.32 Å². The Labute approximate surface area is 193 Å². The van der Waals surface area contributed by atoms with Gasteiger partial charge < -0.3 is 20.6 Å². The Morgan fingerprint density at radius 1 is 0.677 bits per heavy atom. The standard InChI is InChI=1S/C27H55NO3/c1-3-5-6-7-8-9-10-11-12-13-14-15-16-17-18-26(19-23-29)27(20-24-30,21-25-31)28-22-4-2/h4,26,28-31H,2-3,5-25H2,1H3. The van der Waals surface area contributed by atoms with Crippen molar-refractivity contribution in [1.29, 1.82) is 0 Å². The van der Waals surface area contributed by atoms with Gasteiger partial charge in [0.1, 0.15) is 0 Å². The van der Waals surface area contributed by atoms with Gasteiger partial charge in [0.15, 0.2) is 0 Å². The molecule has 0 bridgehead atoms. The number of unbranched alkanes of at least 4 members (excludes halogenated alkanes) is 13. The fourth-order valence-corrected chi connectivity index (χ4v) is 4.97. The quantitative estimate of drug-likeness (QED) is 0.101. The van der Waals surface area contributed by atoms with Gasteiger partial charge in [0.25, 0.3) is 0 Å². The fourth-order valence-electron chi connectivity index (χ4n) is 4.97. The number of aliphatic hydroxyl groups excluding tert-OH is 3. The molecule has 0 aromatic rings. The van der Waals surface area contributed by atoms with Crippen LogP contribution in [0.3, 0.4) is 0 Å². The lowest BCUT2D eigenvalue weighted by molar-refractivity contribution is 0.0894. The minimum atomic E-state index is -0.322. The van der Waals surface area contributed by atoms with Crippen molar-refractivity contribution in [3.8, 4) is 0 Å². The molecule has 0 aliphatic heterocycles. The normalized spacial score (nSPS) is 12.9. The van der Waals surface area contributed by atoms with Gasteiger partial charge in [-0.15, -0.1) is 6.58 Å². The molecule has 1 atom stereocenters. The van der Waals surface area contributed by atoms with Gasteiger partial charge in [0, 0.05) is 31.9 Å². The van der Waals surface area contributed by atoms with Crippen molar-refractivity contribution >= 4 is 0 Å². The predicted molar refractivity (Wildman–Crippen MR) is 134 cm³/mol. The smallest absolute Gasteiger partial charge is 0.0448 e. The van der Waals surface area contributed by atoms with E-state index in [9.17, 15) is 15.3 Å². The van der Waals surface area contributed by atoms with E-state index in [0.29, 0.717) is 25.8 Å². The van der Waals surface area contributed by atoms with Gasteiger partial charge in [-0.2, -0.15) is 0 Å². The Hall–Kier alpha value is -0.420. The molecular weight excluding hydrogens is 386 g/mol. The highest BCUT2D eigenvalue weighted by Gasteiger charge is 2.36. The van der Waals surface area contributed by atoms with E-state index in [1.807, 2.05) is 6.08 Å². The average Bonchev–Trinajstić information content (AvgIpc) is 2.77. The van der Waals surface area contributed by atoms with E-state index in [2.05, 4.69) is 18.8 Å². The van der Waals surface area contributed by atoms with Crippen molar-refractivity contribution in [2.45, 2.75) is 128 Å². The lowest BCUT2D eigenvalue weighted by Crippen LogP contribution is -2.53. The monoisotopic (exact) mass is 441 g/mol. The minimum Gasteiger partial charge on any atom is -0.396 e. The molecule has 0 aromatic heterocycles. The summed E-state index contributed by atoms with van der Waals surface area (Å²) in [5, 5.41) is 32.4. The largest absolute Gasteiger partial charge is 0.396 e. The van der Waals surface area contributed by atoms with E-state index >= 15 is 0 Å². The molecule has 0 aliphatic carbocycles. The molecular formula is C27H55NO3. The van der Waals surface area contributed by atoms with Crippen LogP contribution in [0.5, 0.6) is 0 Å². The molecule has 0 saturated heterocycles. The highest BCUT2D eigenvalue weighted by Crippen LogP contribution is 2.32. The molecule has 4 nitrogen and oxygen atoms in total. The van der Waals surface area contributed by atoms with Gasteiger partial charge in [-0.1, -0.05) is 103 Å². The molecule has 0 spiro atoms. The molecule has 0 heterocycles. The predicted octanol–water partition coefficient (Wildman–Crippen LogP) is 6.14. The van der Waals surface area contributed by atoms with E-state index < -0.39 is 0 Å². The first-order valence-corrected chi connectivity index (χ1v) is 13.4. The van der Waals surface area contributed by atoms with Crippen molar-refractivity contribution in [2.24, 2.45) is 5.92 Å². The molecule has 4 N–H and O–H groups in total. The molecule has 1 unspecified atom stereocenters. The first-order valence-electron chi connectivity index (χ1n) is 13.4. The molecule has 0 saturated carbocycles. The summed E-state index contributed by atoms with van der Waals surface area (Å²) in [5.74, 6) is 0.258. The molecule has 0 rings (SSSR count). The third-order valence-corrected chi connectivity index (χ3v) is 6.88. The summed E-state index contributed by atoms with van der Waals surface area (Å²) in [5.41, 5.74) is -0.322. The van der Waals surface area contributed by atoms with Gasteiger partial charge in [0.05, 0.1) is 0 Å². The van der Waals surface area contributed by atoms with Crippen molar-refractivity contribution in [3.05, 3.63) is 12.7 Å². The Kier molecular flexibility index (Phi) is 22.5. The minimum absolute atomic E-state index is 0.0881. The summed E-state index contributed by atoms with van der Waals surface area (Å²) in [6.07, 6.45) is 23.7. The van der Waals surface area contributed by atoms with Crippen molar-refractivity contribution in [2.75, 3.05) is 26.4 Å². The number of rotatable bonds is 25. The zero-order valence-corrected chi connectivity index (χ0v) is 20.8. The summed E-state index contributed by atoms with van der Waals surface area (Å²) >= 11 is 0. The van der Waals surface area contributed by atoms with Gasteiger partial charge in [-0.05, 0) is 31.6 Å². The van der Waals surface area contributed by atoms with Crippen LogP contribution in [0.4, 0.5) is 0 Å². The third-order valence-electron chi connectivity index (χ3n) is 6.88. The van der Waals surface area contributed by atoms with E-state index in [1.165, 1.54) is 83.5 Å². The number of nitrogens with one attached hydrogen (secondary N) is 1. The first kappa shape index (κ1) is 30.6. The van der Waals surface area contributed by atoms with Gasteiger partial charge in [-0.25, -0.2) is 0 Å². The molecule has 0 radical (unpaired) electrons. The van der Waals surface area contributed by atoms with Crippen LogP contribution in [-0.4, -0.2) is 47.2 Å². The van der Waals surface area contributed by atoms with Crippen LogP contribution in [0.2, 0.25) is 0 Å². The Balaban J connectivity index is 4.05. The van der Waals surface area contributed by atoms with Crippen LogP contribution in [0.1, 0.15) is 122 Å². The summed E-state index contributed by atoms with van der Waals surface area (Å²) in [4.78, 5) is 0. The first-order chi connectivity index (χ1) is 15.2. The molecule has 0 aliphatic rings. The molecule has 4 heteroatoms. The van der Waals surface area contributed by atoms with Crippen LogP contribution < -0.4 is 5.32 Å². The van der Waals surface area contributed by atoms with Crippen LogP contribution in [0.25, 0.3) is 0 Å². The summed E-state index contributed by atoms with van der Waals surface area (Å²) < 4.78 is 0. The van der Waals surface area contributed by atoms with Gasteiger partial charge in [-0.3, -0.25) is 0 Å². The lowest BCUT2D eigenvalue weighted by Gasteiger charge is -2.41. The Morgan fingerprint density at radius 3 is 1.52 bits per heavy atom. The van der Waals surface area contributed by atoms with Crippen LogP contribution >= 0.6 is 0 Å². The molecule has 0 amide bonds. The third kappa shape index (κ3) is 15.9. The maximum Gasteiger partial charge on any atom is 0.0448 e. The molecule has 0 fully saturated rings. The average molecular weight is 442 g/mol. The molecule has 0 aromatic carbocycles. The second-order valence-electron chi connectivity index (χ2n) is 9.37. The molecule has 186 valence electrons. The second kappa shape index (κ2) is 22.8. The van der Waals surface area contributed by atoms with Crippen LogP contribution in [0.15, 0.2) is 12.7 Å². The SMILES string of the molecule is C=CCNC(CCO)(CCO)C(CCO)CCCCCCCCCCCCCCCC. The summed E-state index contributed by atoms with van der Waals surface area (Å²) in [6, 6.07) is 0. The summed E-state index contributed by atoms with van der Waals surface area (Å²) in [6.45, 7) is 7.05. The number of hydrogen-bond donors (Lipinski definition) is 4. The lowest BCUT2D eigenvalue weighted by atomic mass is 9.74. The van der Waals surface area contributed by atoms with Gasteiger partial charge >= 0.3 is 0 Å². The Bertz CT molecular complexity index is 369. The van der Waals surface area contributed by atoms with E-state index in [-0.39, 0.29) is 31.3 Å². The maximum absolute atomic E-state index is 9.63. The molecule has 31 heavy (non-hydrogen) atoms. The zero-order valence-electron chi connectivity index (χ0n) is 20.8. The highest BCUT2D eigenvalue weighted by atomic mass is 16.3. The van der Waals surface area contributed by atoms with Crippen LogP contribution in [-0.2, 0) is 0 Å².